The monoisotopic (exact) mass is 321 g/mol. The fraction of sp³-hybridized carbons (Fsp3) is 0.533. The molecule has 1 saturated carbocycles. The Kier molecular flexibility index (Phi) is 3.47. The van der Waals surface area contributed by atoms with E-state index in [9.17, 15) is 14.7 Å². The van der Waals surface area contributed by atoms with Gasteiger partial charge in [-0.1, -0.05) is 13.8 Å². The normalized spacial score (nSPS) is 16.2. The van der Waals surface area contributed by atoms with Gasteiger partial charge in [0, 0.05) is 11.9 Å². The van der Waals surface area contributed by atoms with Crippen molar-refractivity contribution in [1.29, 1.82) is 0 Å². The first-order chi connectivity index (χ1) is 10.4. The minimum absolute atomic E-state index is 0.114. The minimum Gasteiger partial charge on any atom is -0.479 e. The van der Waals surface area contributed by atoms with Crippen LogP contribution in [0.4, 0.5) is 5.00 Å². The number of hydrogen-bond donors (Lipinski definition) is 2. The van der Waals surface area contributed by atoms with Crippen molar-refractivity contribution in [2.24, 2.45) is 0 Å². The van der Waals surface area contributed by atoms with Crippen molar-refractivity contribution in [1.82, 2.24) is 9.78 Å². The summed E-state index contributed by atoms with van der Waals surface area (Å²) in [6.45, 7) is 6.77. The summed E-state index contributed by atoms with van der Waals surface area (Å²) in [7, 11) is 0. The molecule has 0 spiro atoms. The van der Waals surface area contributed by atoms with Crippen molar-refractivity contribution in [3.05, 3.63) is 22.1 Å². The Morgan fingerprint density at radius 1 is 1.55 bits per heavy atom. The van der Waals surface area contributed by atoms with Crippen molar-refractivity contribution in [2.45, 2.75) is 45.1 Å². The van der Waals surface area contributed by atoms with E-state index in [0.29, 0.717) is 17.5 Å². The van der Waals surface area contributed by atoms with Crippen LogP contribution >= 0.6 is 11.3 Å². The SMILES string of the molecule is CCNc1cc2c(C(C)C)nn(C3(C(=O)O)CC3)c(=O)c2s1. The molecule has 1 aliphatic rings. The first-order valence-corrected chi connectivity index (χ1v) is 8.27. The molecule has 118 valence electrons. The average Bonchev–Trinajstić information content (AvgIpc) is 3.14. The Morgan fingerprint density at radius 2 is 2.23 bits per heavy atom. The zero-order chi connectivity index (χ0) is 16.1. The smallest absolute Gasteiger partial charge is 0.331 e. The first kappa shape index (κ1) is 15.0. The molecule has 0 unspecified atom stereocenters. The van der Waals surface area contributed by atoms with E-state index in [1.54, 1.807) is 0 Å². The van der Waals surface area contributed by atoms with Gasteiger partial charge in [-0.15, -0.1) is 11.3 Å². The number of carbonyl (C=O) groups is 1. The maximum absolute atomic E-state index is 12.7. The molecule has 3 rings (SSSR count). The predicted molar refractivity (Wildman–Crippen MR) is 87.0 cm³/mol. The van der Waals surface area contributed by atoms with Gasteiger partial charge in [0.25, 0.3) is 5.56 Å². The molecule has 2 aromatic heterocycles. The van der Waals surface area contributed by atoms with Gasteiger partial charge in [-0.3, -0.25) is 4.79 Å². The molecular formula is C15H19N3O3S. The van der Waals surface area contributed by atoms with Crippen LogP contribution in [0.1, 0.15) is 45.2 Å². The number of nitrogens with one attached hydrogen (secondary N) is 1. The van der Waals surface area contributed by atoms with Crippen LogP contribution in [0.3, 0.4) is 0 Å². The van der Waals surface area contributed by atoms with E-state index in [1.807, 2.05) is 26.8 Å². The highest BCUT2D eigenvalue weighted by Crippen LogP contribution is 2.43. The lowest BCUT2D eigenvalue weighted by molar-refractivity contribution is -0.143. The number of nitrogens with zero attached hydrogens (tertiary/aromatic N) is 2. The Labute approximate surface area is 131 Å². The van der Waals surface area contributed by atoms with E-state index in [1.165, 1.54) is 16.0 Å². The maximum atomic E-state index is 12.7. The number of hydrogen-bond acceptors (Lipinski definition) is 5. The second kappa shape index (κ2) is 5.08. The van der Waals surface area contributed by atoms with Crippen molar-refractivity contribution in [3.63, 3.8) is 0 Å². The number of aromatic nitrogens is 2. The maximum Gasteiger partial charge on any atom is 0.331 e. The topological polar surface area (TPSA) is 84.2 Å². The summed E-state index contributed by atoms with van der Waals surface area (Å²) < 4.78 is 1.79. The fourth-order valence-corrected chi connectivity index (χ4v) is 3.72. The van der Waals surface area contributed by atoms with E-state index in [4.69, 9.17) is 0 Å². The number of carboxylic acids is 1. The van der Waals surface area contributed by atoms with Crippen LogP contribution in [0.5, 0.6) is 0 Å². The van der Waals surface area contributed by atoms with Gasteiger partial charge in [-0.2, -0.15) is 5.10 Å². The highest BCUT2D eigenvalue weighted by molar-refractivity contribution is 7.22. The molecule has 2 heterocycles. The number of fused-ring (bicyclic) bond motifs is 1. The van der Waals surface area contributed by atoms with E-state index in [2.05, 4.69) is 10.4 Å². The van der Waals surface area contributed by atoms with Gasteiger partial charge in [-0.05, 0) is 31.7 Å². The van der Waals surface area contributed by atoms with E-state index >= 15 is 0 Å². The molecule has 0 atom stereocenters. The molecule has 6 nitrogen and oxygen atoms in total. The van der Waals surface area contributed by atoms with Gasteiger partial charge in [-0.25, -0.2) is 9.48 Å². The molecule has 0 amide bonds. The van der Waals surface area contributed by atoms with Crippen molar-refractivity contribution in [2.75, 3.05) is 11.9 Å². The highest BCUT2D eigenvalue weighted by atomic mass is 32.1. The van der Waals surface area contributed by atoms with Gasteiger partial charge in [0.1, 0.15) is 4.70 Å². The van der Waals surface area contributed by atoms with Crippen molar-refractivity contribution in [3.8, 4) is 0 Å². The Morgan fingerprint density at radius 3 is 2.73 bits per heavy atom. The lowest BCUT2D eigenvalue weighted by Gasteiger charge is -2.16. The van der Waals surface area contributed by atoms with Crippen LogP contribution in [0.15, 0.2) is 10.9 Å². The molecule has 0 radical (unpaired) electrons. The van der Waals surface area contributed by atoms with E-state index in [-0.39, 0.29) is 11.5 Å². The Hall–Kier alpha value is -1.89. The molecule has 0 saturated heterocycles. The lowest BCUT2D eigenvalue weighted by atomic mass is 10.1. The largest absolute Gasteiger partial charge is 0.479 e. The number of carboxylic acid groups (broad SMARTS) is 1. The summed E-state index contributed by atoms with van der Waals surface area (Å²) in [5.41, 5.74) is -0.659. The third-order valence-corrected chi connectivity index (χ3v) is 5.11. The molecule has 2 aromatic rings. The Balaban J connectivity index is 2.29. The van der Waals surface area contributed by atoms with Crippen LogP contribution < -0.4 is 10.9 Å². The molecule has 22 heavy (non-hydrogen) atoms. The quantitative estimate of drug-likeness (QED) is 0.884. The van der Waals surface area contributed by atoms with Gasteiger partial charge in [0.15, 0.2) is 5.54 Å². The molecule has 2 N–H and O–H groups in total. The van der Waals surface area contributed by atoms with Gasteiger partial charge >= 0.3 is 5.97 Å². The lowest BCUT2D eigenvalue weighted by Crippen LogP contribution is -2.38. The standard InChI is InChI=1S/C15H19N3O3S/c1-4-16-10-7-9-11(8(2)3)17-18(13(19)12(9)22-10)15(5-6-15)14(20)21/h7-8,16H,4-6H2,1-3H3,(H,20,21). The summed E-state index contributed by atoms with van der Waals surface area (Å²) in [6, 6.07) is 1.94. The molecule has 1 fully saturated rings. The minimum atomic E-state index is -1.14. The second-order valence-corrected chi connectivity index (χ2v) is 7.03. The Bertz CT molecular complexity index is 802. The fourth-order valence-electron chi connectivity index (χ4n) is 2.66. The molecule has 7 heteroatoms. The number of thiophene rings is 1. The molecule has 0 aromatic carbocycles. The summed E-state index contributed by atoms with van der Waals surface area (Å²) in [5.74, 6) is -0.859. The van der Waals surface area contributed by atoms with E-state index < -0.39 is 11.5 Å². The summed E-state index contributed by atoms with van der Waals surface area (Å²) in [4.78, 5) is 24.3. The van der Waals surface area contributed by atoms with Crippen molar-refractivity contribution < 1.29 is 9.90 Å². The molecule has 0 bridgehead atoms. The first-order valence-electron chi connectivity index (χ1n) is 7.45. The van der Waals surface area contributed by atoms with Crippen LogP contribution in [0, 0.1) is 0 Å². The van der Waals surface area contributed by atoms with Gasteiger partial charge in [0.05, 0.1) is 10.7 Å². The predicted octanol–water partition coefficient (Wildman–Crippen LogP) is 2.59. The third-order valence-electron chi connectivity index (χ3n) is 4.03. The summed E-state index contributed by atoms with van der Waals surface area (Å²) >= 11 is 1.37. The van der Waals surface area contributed by atoms with Crippen molar-refractivity contribution >= 4 is 32.4 Å². The molecule has 0 aliphatic heterocycles. The van der Waals surface area contributed by atoms with Crippen LogP contribution in [0.25, 0.3) is 10.1 Å². The zero-order valence-corrected chi connectivity index (χ0v) is 13.7. The number of aliphatic carboxylic acids is 1. The summed E-state index contributed by atoms with van der Waals surface area (Å²) in [6.07, 6.45) is 0.924. The number of anilines is 1. The number of rotatable bonds is 5. The van der Waals surface area contributed by atoms with Gasteiger partial charge < -0.3 is 10.4 Å². The van der Waals surface area contributed by atoms with Gasteiger partial charge in [0.2, 0.25) is 0 Å². The molecular weight excluding hydrogens is 302 g/mol. The third kappa shape index (κ3) is 2.11. The average molecular weight is 321 g/mol. The van der Waals surface area contributed by atoms with Crippen LogP contribution in [-0.4, -0.2) is 27.4 Å². The zero-order valence-electron chi connectivity index (χ0n) is 12.8. The molecule has 1 aliphatic carbocycles. The van der Waals surface area contributed by atoms with E-state index in [0.717, 1.165) is 22.6 Å². The highest BCUT2D eigenvalue weighted by Gasteiger charge is 2.54. The second-order valence-electron chi connectivity index (χ2n) is 5.98. The van der Waals surface area contributed by atoms with Crippen LogP contribution in [0.2, 0.25) is 0 Å². The summed E-state index contributed by atoms with van der Waals surface area (Å²) in [5, 5.41) is 18.9. The van der Waals surface area contributed by atoms with Crippen LogP contribution in [-0.2, 0) is 10.3 Å².